The van der Waals surface area contributed by atoms with Gasteiger partial charge in [-0.3, -0.25) is 14.4 Å². The lowest BCUT2D eigenvalue weighted by atomic mass is 10.0. The first kappa shape index (κ1) is 23.3. The predicted octanol–water partition coefficient (Wildman–Crippen LogP) is -0.257. The molecular weight excluding hydrogens is 390 g/mol. The minimum absolute atomic E-state index is 0.219. The van der Waals surface area contributed by atoms with Crippen LogP contribution in [0.5, 0.6) is 0 Å². The zero-order valence-corrected chi connectivity index (χ0v) is 17.2. The Morgan fingerprint density at radius 2 is 1.93 bits per heavy atom. The van der Waals surface area contributed by atoms with Crippen molar-refractivity contribution in [2.45, 2.75) is 31.3 Å². The van der Waals surface area contributed by atoms with Gasteiger partial charge >= 0.3 is 5.97 Å². The third-order valence-electron chi connectivity index (χ3n) is 4.69. The molecule has 2 atom stereocenters. The van der Waals surface area contributed by atoms with Crippen LogP contribution in [-0.2, 0) is 30.4 Å². The van der Waals surface area contributed by atoms with E-state index in [2.05, 4.69) is 25.8 Å². The second-order valence-electron chi connectivity index (χ2n) is 6.82. The third-order valence-corrected chi connectivity index (χ3v) is 4.69. The van der Waals surface area contributed by atoms with Crippen molar-refractivity contribution in [1.29, 1.82) is 0 Å². The van der Waals surface area contributed by atoms with Crippen LogP contribution in [0.3, 0.4) is 0 Å². The minimum atomic E-state index is -0.927. The lowest BCUT2D eigenvalue weighted by Crippen LogP contribution is -2.53. The molecule has 0 bridgehead atoms. The van der Waals surface area contributed by atoms with Gasteiger partial charge in [-0.25, -0.2) is 10.7 Å². The molecule has 0 aliphatic carbocycles. The molecule has 1 heterocycles. The molecule has 6 N–H and O–H groups in total. The fourth-order valence-electron chi connectivity index (χ4n) is 3.19. The van der Waals surface area contributed by atoms with Crippen LogP contribution < -0.4 is 21.8 Å². The van der Waals surface area contributed by atoms with Crippen molar-refractivity contribution < 1.29 is 24.0 Å². The summed E-state index contributed by atoms with van der Waals surface area (Å²) in [6.45, 7) is 0.299. The number of benzene rings is 1. The molecule has 0 saturated carbocycles. The monoisotopic (exact) mass is 419 g/mol. The van der Waals surface area contributed by atoms with E-state index < -0.39 is 29.9 Å². The number of aromatic amines is 1. The Bertz CT molecular complexity index is 853. The summed E-state index contributed by atoms with van der Waals surface area (Å²) < 4.78 is 4.80. The van der Waals surface area contributed by atoms with Gasteiger partial charge in [-0.05, 0) is 38.1 Å². The Morgan fingerprint density at radius 3 is 2.63 bits per heavy atom. The SMILES string of the molecule is CNCCCC(NC(=O)C(Cc1c[nH]c2ccccc12)NC(=O)CON)C(=O)OC. The highest BCUT2D eigenvalue weighted by molar-refractivity contribution is 5.92. The Labute approximate surface area is 174 Å². The molecule has 0 aliphatic heterocycles. The van der Waals surface area contributed by atoms with Gasteiger partial charge in [0, 0.05) is 23.5 Å². The summed E-state index contributed by atoms with van der Waals surface area (Å²) in [7, 11) is 3.07. The van der Waals surface area contributed by atoms with Gasteiger partial charge in [-0.2, -0.15) is 0 Å². The molecule has 0 fully saturated rings. The van der Waals surface area contributed by atoms with E-state index >= 15 is 0 Å². The quantitative estimate of drug-likeness (QED) is 0.181. The normalized spacial score (nSPS) is 12.9. The molecule has 30 heavy (non-hydrogen) atoms. The molecule has 1 aromatic heterocycles. The molecule has 2 unspecified atom stereocenters. The summed E-state index contributed by atoms with van der Waals surface area (Å²) in [4.78, 5) is 44.6. The number of hydrogen-bond donors (Lipinski definition) is 5. The smallest absolute Gasteiger partial charge is 0.328 e. The van der Waals surface area contributed by atoms with Crippen molar-refractivity contribution >= 4 is 28.7 Å². The van der Waals surface area contributed by atoms with Crippen LogP contribution in [0.1, 0.15) is 18.4 Å². The number of aromatic nitrogens is 1. The third kappa shape index (κ3) is 6.55. The molecule has 1 aromatic carbocycles. The fraction of sp³-hybridized carbons (Fsp3) is 0.450. The molecule has 2 aromatic rings. The van der Waals surface area contributed by atoms with E-state index in [1.807, 2.05) is 24.3 Å². The Kier molecular flexibility index (Phi) is 9.26. The maximum Gasteiger partial charge on any atom is 0.328 e. The van der Waals surface area contributed by atoms with Gasteiger partial charge in [0.05, 0.1) is 7.11 Å². The molecule has 2 rings (SSSR count). The van der Waals surface area contributed by atoms with Gasteiger partial charge in [-0.15, -0.1) is 0 Å². The average molecular weight is 419 g/mol. The van der Waals surface area contributed by atoms with Crippen molar-refractivity contribution in [2.24, 2.45) is 5.90 Å². The van der Waals surface area contributed by atoms with E-state index in [1.165, 1.54) is 7.11 Å². The molecular formula is C20H29N5O5. The van der Waals surface area contributed by atoms with Crippen molar-refractivity contribution in [3.05, 3.63) is 36.0 Å². The lowest BCUT2D eigenvalue weighted by molar-refractivity contribution is -0.145. The van der Waals surface area contributed by atoms with Crippen LogP contribution in [0.2, 0.25) is 0 Å². The van der Waals surface area contributed by atoms with E-state index in [0.717, 1.165) is 16.5 Å². The molecule has 10 nitrogen and oxygen atoms in total. The second-order valence-corrected chi connectivity index (χ2v) is 6.82. The Morgan fingerprint density at radius 1 is 1.17 bits per heavy atom. The van der Waals surface area contributed by atoms with Gasteiger partial charge in [0.1, 0.15) is 18.7 Å². The number of hydrogen-bond acceptors (Lipinski definition) is 7. The van der Waals surface area contributed by atoms with Gasteiger partial charge in [-0.1, -0.05) is 18.2 Å². The maximum absolute atomic E-state index is 13.0. The Hall–Kier alpha value is -2.95. The van der Waals surface area contributed by atoms with E-state index in [-0.39, 0.29) is 13.0 Å². The highest BCUT2D eigenvalue weighted by Gasteiger charge is 2.28. The van der Waals surface area contributed by atoms with Gasteiger partial charge in [0.15, 0.2) is 0 Å². The van der Waals surface area contributed by atoms with Crippen LogP contribution in [0, 0.1) is 0 Å². The number of H-pyrrole nitrogens is 1. The van der Waals surface area contributed by atoms with Gasteiger partial charge < -0.3 is 25.7 Å². The topological polar surface area (TPSA) is 148 Å². The van der Waals surface area contributed by atoms with Crippen LogP contribution in [0.4, 0.5) is 0 Å². The fourth-order valence-corrected chi connectivity index (χ4v) is 3.19. The number of methoxy groups -OCH3 is 1. The number of ether oxygens (including phenoxy) is 1. The molecule has 164 valence electrons. The number of nitrogens with one attached hydrogen (secondary N) is 4. The standard InChI is InChI=1S/C20H29N5O5/c1-22-9-5-8-16(20(28)29-2)25-19(27)17(24-18(26)12-30-21)10-13-11-23-15-7-4-3-6-14(13)15/h3-4,6-7,11,16-17,22-23H,5,8-10,12,21H2,1-2H3,(H,24,26)(H,25,27). The summed E-state index contributed by atoms with van der Waals surface area (Å²) in [6, 6.07) is 5.90. The maximum atomic E-state index is 13.0. The number of nitrogens with two attached hydrogens (primary N) is 1. The van der Waals surface area contributed by atoms with E-state index in [1.54, 1.807) is 13.2 Å². The number of carbonyl (C=O) groups is 3. The summed E-state index contributed by atoms with van der Waals surface area (Å²) in [5.41, 5.74) is 1.77. The first-order valence-corrected chi connectivity index (χ1v) is 9.69. The van der Waals surface area contributed by atoms with E-state index in [0.29, 0.717) is 19.4 Å². The predicted molar refractivity (Wildman–Crippen MR) is 111 cm³/mol. The summed E-state index contributed by atoms with van der Waals surface area (Å²) in [5.74, 6) is 3.39. The number of fused-ring (bicyclic) bond motifs is 1. The van der Waals surface area contributed by atoms with E-state index in [9.17, 15) is 14.4 Å². The lowest BCUT2D eigenvalue weighted by Gasteiger charge is -2.22. The molecule has 0 radical (unpaired) electrons. The van der Waals surface area contributed by atoms with Crippen molar-refractivity contribution in [2.75, 3.05) is 27.3 Å². The van der Waals surface area contributed by atoms with Crippen LogP contribution in [0.15, 0.2) is 30.5 Å². The number of esters is 1. The second kappa shape index (κ2) is 11.9. The summed E-state index contributed by atoms with van der Waals surface area (Å²) >= 11 is 0. The zero-order valence-electron chi connectivity index (χ0n) is 17.2. The number of rotatable bonds is 12. The van der Waals surface area contributed by atoms with Gasteiger partial charge in [0.25, 0.3) is 0 Å². The highest BCUT2D eigenvalue weighted by atomic mass is 16.6. The first-order chi connectivity index (χ1) is 14.5. The molecule has 0 saturated heterocycles. The summed E-state index contributed by atoms with van der Waals surface area (Å²) in [5, 5.41) is 9.25. The highest BCUT2D eigenvalue weighted by Crippen LogP contribution is 2.19. The number of amides is 2. The van der Waals surface area contributed by atoms with Crippen molar-refractivity contribution in [3.63, 3.8) is 0 Å². The largest absolute Gasteiger partial charge is 0.467 e. The van der Waals surface area contributed by atoms with Crippen LogP contribution in [0.25, 0.3) is 10.9 Å². The molecule has 0 spiro atoms. The first-order valence-electron chi connectivity index (χ1n) is 9.69. The zero-order chi connectivity index (χ0) is 21.9. The van der Waals surface area contributed by atoms with Crippen molar-refractivity contribution in [3.8, 4) is 0 Å². The van der Waals surface area contributed by atoms with Crippen molar-refractivity contribution in [1.82, 2.24) is 20.9 Å². The molecule has 0 aliphatic rings. The van der Waals surface area contributed by atoms with Crippen LogP contribution >= 0.6 is 0 Å². The summed E-state index contributed by atoms with van der Waals surface area (Å²) in [6.07, 6.45) is 3.08. The Balaban J connectivity index is 2.18. The van der Waals surface area contributed by atoms with Gasteiger partial charge in [0.2, 0.25) is 11.8 Å². The van der Waals surface area contributed by atoms with E-state index in [4.69, 9.17) is 10.6 Å². The molecule has 2 amide bonds. The van der Waals surface area contributed by atoms with Crippen LogP contribution in [-0.4, -0.2) is 62.2 Å². The number of para-hydroxylation sites is 1. The number of carbonyl (C=O) groups excluding carboxylic acids is 3. The average Bonchev–Trinajstić information content (AvgIpc) is 3.15. The molecule has 10 heteroatoms. The minimum Gasteiger partial charge on any atom is -0.467 e.